The van der Waals surface area contributed by atoms with Crippen LogP contribution in [0.5, 0.6) is 0 Å². The van der Waals surface area contributed by atoms with Crippen molar-refractivity contribution in [3.63, 3.8) is 0 Å². The molecule has 0 bridgehead atoms. The van der Waals surface area contributed by atoms with E-state index in [0.29, 0.717) is 24.4 Å². The van der Waals surface area contributed by atoms with Crippen molar-refractivity contribution >= 4 is 11.7 Å². The van der Waals surface area contributed by atoms with Crippen molar-refractivity contribution in [2.24, 2.45) is 5.92 Å². The average Bonchev–Trinajstić information content (AvgIpc) is 2.64. The molecule has 1 fully saturated rings. The molecule has 114 valence electrons. The molecule has 0 radical (unpaired) electrons. The van der Waals surface area contributed by atoms with Gasteiger partial charge in [-0.1, -0.05) is 31.5 Å². The van der Waals surface area contributed by atoms with Gasteiger partial charge in [0.2, 0.25) is 5.91 Å². The Morgan fingerprint density at radius 2 is 2.10 bits per heavy atom. The molecule has 1 atom stereocenters. The van der Waals surface area contributed by atoms with Gasteiger partial charge in [-0.25, -0.2) is 4.39 Å². The van der Waals surface area contributed by atoms with Crippen LogP contribution in [0.25, 0.3) is 0 Å². The summed E-state index contributed by atoms with van der Waals surface area (Å²) in [5.41, 5.74) is 0.399. The molecule has 1 heterocycles. The van der Waals surface area contributed by atoms with Crippen LogP contribution in [-0.2, 0) is 16.0 Å². The Hall–Kier alpha value is -1.71. The lowest BCUT2D eigenvalue weighted by Crippen LogP contribution is -2.35. The molecular formula is C17H22FNO2. The third-order valence-electron chi connectivity index (χ3n) is 4.22. The van der Waals surface area contributed by atoms with E-state index in [1.54, 1.807) is 23.1 Å². The van der Waals surface area contributed by atoms with Crippen molar-refractivity contribution in [2.75, 3.05) is 13.1 Å². The minimum atomic E-state index is -0.362. The van der Waals surface area contributed by atoms with Crippen LogP contribution in [0.1, 0.15) is 38.2 Å². The molecule has 1 aromatic rings. The van der Waals surface area contributed by atoms with Crippen LogP contribution in [0.15, 0.2) is 24.3 Å². The Kier molecular flexibility index (Phi) is 5.48. The van der Waals surface area contributed by atoms with Crippen molar-refractivity contribution in [1.82, 2.24) is 4.90 Å². The number of benzene rings is 1. The van der Waals surface area contributed by atoms with E-state index >= 15 is 0 Å². The Morgan fingerprint density at radius 3 is 2.81 bits per heavy atom. The Morgan fingerprint density at radius 1 is 1.33 bits per heavy atom. The summed E-state index contributed by atoms with van der Waals surface area (Å²) in [5, 5.41) is 0. The van der Waals surface area contributed by atoms with E-state index in [4.69, 9.17) is 0 Å². The van der Waals surface area contributed by atoms with Crippen LogP contribution in [0.2, 0.25) is 0 Å². The highest BCUT2D eigenvalue weighted by molar-refractivity contribution is 5.87. The lowest BCUT2D eigenvalue weighted by atomic mass is 9.98. The number of halogens is 1. The number of ketones is 1. The van der Waals surface area contributed by atoms with Gasteiger partial charge in [0.15, 0.2) is 5.78 Å². The second kappa shape index (κ2) is 7.34. The maximum Gasteiger partial charge on any atom is 0.222 e. The summed E-state index contributed by atoms with van der Waals surface area (Å²) < 4.78 is 13.5. The molecule has 1 unspecified atom stereocenters. The normalized spacial score (nSPS) is 19.4. The summed E-state index contributed by atoms with van der Waals surface area (Å²) in [6, 6.07) is 6.29. The van der Waals surface area contributed by atoms with E-state index < -0.39 is 0 Å². The number of hydrogen-bond acceptors (Lipinski definition) is 2. The summed E-state index contributed by atoms with van der Waals surface area (Å²) in [5.74, 6) is 0.149. The summed E-state index contributed by atoms with van der Waals surface area (Å²) >= 11 is 0. The SMILES string of the molecule is CCC1CCC(=O)N(CC(=O)Cc2ccccc2F)CC1. The smallest absolute Gasteiger partial charge is 0.222 e. The first-order valence-corrected chi connectivity index (χ1v) is 7.63. The number of nitrogens with zero attached hydrogens (tertiary/aromatic N) is 1. The predicted octanol–water partition coefficient (Wildman–Crippen LogP) is 2.98. The van der Waals surface area contributed by atoms with Crippen LogP contribution < -0.4 is 0 Å². The highest BCUT2D eigenvalue weighted by Gasteiger charge is 2.23. The first-order chi connectivity index (χ1) is 10.1. The second-order valence-corrected chi connectivity index (χ2v) is 5.72. The maximum absolute atomic E-state index is 13.5. The molecule has 2 rings (SSSR count). The number of hydrogen-bond donors (Lipinski definition) is 0. The van der Waals surface area contributed by atoms with E-state index in [9.17, 15) is 14.0 Å². The number of carbonyl (C=O) groups is 2. The van der Waals surface area contributed by atoms with Crippen LogP contribution in [0.3, 0.4) is 0 Å². The van der Waals surface area contributed by atoms with Gasteiger partial charge in [-0.05, 0) is 30.4 Å². The van der Waals surface area contributed by atoms with Crippen LogP contribution in [0, 0.1) is 11.7 Å². The quantitative estimate of drug-likeness (QED) is 0.836. The van der Waals surface area contributed by atoms with E-state index in [0.717, 1.165) is 19.3 Å². The van der Waals surface area contributed by atoms with Gasteiger partial charge in [0.1, 0.15) is 5.82 Å². The van der Waals surface area contributed by atoms with Crippen LogP contribution in [-0.4, -0.2) is 29.7 Å². The first-order valence-electron chi connectivity index (χ1n) is 7.63. The highest BCUT2D eigenvalue weighted by atomic mass is 19.1. The molecule has 1 aliphatic rings. The minimum absolute atomic E-state index is 0.0489. The fourth-order valence-electron chi connectivity index (χ4n) is 2.79. The molecule has 4 heteroatoms. The van der Waals surface area contributed by atoms with Crippen molar-refractivity contribution in [3.05, 3.63) is 35.6 Å². The number of rotatable bonds is 5. The molecule has 0 spiro atoms. The molecule has 21 heavy (non-hydrogen) atoms. The number of amides is 1. The van der Waals surface area contributed by atoms with Crippen molar-refractivity contribution < 1.29 is 14.0 Å². The average molecular weight is 291 g/mol. The van der Waals surface area contributed by atoms with Gasteiger partial charge in [-0.3, -0.25) is 9.59 Å². The largest absolute Gasteiger partial charge is 0.335 e. The zero-order valence-corrected chi connectivity index (χ0v) is 12.5. The minimum Gasteiger partial charge on any atom is -0.335 e. The van der Waals surface area contributed by atoms with Gasteiger partial charge < -0.3 is 4.90 Å². The van der Waals surface area contributed by atoms with E-state index in [1.807, 2.05) is 0 Å². The van der Waals surface area contributed by atoms with Crippen molar-refractivity contribution in [2.45, 2.75) is 39.0 Å². The third kappa shape index (κ3) is 4.38. The zero-order chi connectivity index (χ0) is 15.2. The van der Waals surface area contributed by atoms with E-state index in [-0.39, 0.29) is 30.5 Å². The fraction of sp³-hybridized carbons (Fsp3) is 0.529. The van der Waals surface area contributed by atoms with Crippen molar-refractivity contribution in [1.29, 1.82) is 0 Å². The Labute approximate surface area is 125 Å². The fourth-order valence-corrected chi connectivity index (χ4v) is 2.79. The zero-order valence-electron chi connectivity index (χ0n) is 12.5. The van der Waals surface area contributed by atoms with Gasteiger partial charge in [0.05, 0.1) is 6.54 Å². The van der Waals surface area contributed by atoms with E-state index in [2.05, 4.69) is 6.92 Å². The summed E-state index contributed by atoms with van der Waals surface area (Å²) in [6.45, 7) is 2.87. The second-order valence-electron chi connectivity index (χ2n) is 5.72. The monoisotopic (exact) mass is 291 g/mol. The Bertz CT molecular complexity index is 515. The van der Waals surface area contributed by atoms with Gasteiger partial charge in [-0.15, -0.1) is 0 Å². The molecule has 1 aliphatic heterocycles. The van der Waals surface area contributed by atoms with E-state index in [1.165, 1.54) is 6.07 Å². The summed E-state index contributed by atoms with van der Waals surface area (Å²) in [7, 11) is 0. The van der Waals surface area contributed by atoms with Gasteiger partial charge in [0.25, 0.3) is 0 Å². The molecule has 0 aromatic heterocycles. The van der Waals surface area contributed by atoms with Crippen molar-refractivity contribution in [3.8, 4) is 0 Å². The molecule has 1 amide bonds. The van der Waals surface area contributed by atoms with Crippen LogP contribution >= 0.6 is 0 Å². The van der Waals surface area contributed by atoms with Crippen LogP contribution in [0.4, 0.5) is 4.39 Å². The number of likely N-dealkylation sites (tertiary alicyclic amines) is 1. The molecule has 3 nitrogen and oxygen atoms in total. The molecule has 0 saturated carbocycles. The lowest BCUT2D eigenvalue weighted by Gasteiger charge is -2.20. The molecule has 0 aliphatic carbocycles. The lowest BCUT2D eigenvalue weighted by molar-refractivity contribution is -0.134. The predicted molar refractivity (Wildman–Crippen MR) is 79.3 cm³/mol. The molecule has 1 saturated heterocycles. The van der Waals surface area contributed by atoms with Gasteiger partial charge in [-0.2, -0.15) is 0 Å². The topological polar surface area (TPSA) is 37.4 Å². The van der Waals surface area contributed by atoms with Gasteiger partial charge in [0, 0.05) is 19.4 Å². The molecular weight excluding hydrogens is 269 g/mol. The highest BCUT2D eigenvalue weighted by Crippen LogP contribution is 2.21. The summed E-state index contributed by atoms with van der Waals surface area (Å²) in [6.07, 6.45) is 3.51. The third-order valence-corrected chi connectivity index (χ3v) is 4.22. The summed E-state index contributed by atoms with van der Waals surface area (Å²) in [4.78, 5) is 25.7. The molecule has 0 N–H and O–H groups in total. The van der Waals surface area contributed by atoms with Gasteiger partial charge >= 0.3 is 0 Å². The first kappa shape index (κ1) is 15.7. The standard InChI is InChI=1S/C17H22FNO2/c1-2-13-7-8-17(21)19(10-9-13)12-15(20)11-14-5-3-4-6-16(14)18/h3-6,13H,2,7-12H2,1H3. The Balaban J connectivity index is 1.92. The number of Topliss-reactive ketones (excluding diaryl/α,β-unsaturated/α-hetero) is 1. The number of carbonyl (C=O) groups excluding carboxylic acids is 2. The molecule has 1 aromatic carbocycles. The maximum atomic E-state index is 13.5.